The summed E-state index contributed by atoms with van der Waals surface area (Å²) >= 11 is 0. The van der Waals surface area contributed by atoms with E-state index in [4.69, 9.17) is 9.15 Å². The maximum atomic E-state index is 6.52. The van der Waals surface area contributed by atoms with Crippen LogP contribution in [0.4, 0.5) is 0 Å². The summed E-state index contributed by atoms with van der Waals surface area (Å²) in [5.74, 6) is 2.55. The maximum absolute atomic E-state index is 6.52. The normalized spacial score (nSPS) is 16.4. The number of benzene rings is 2. The van der Waals surface area contributed by atoms with Gasteiger partial charge in [-0.15, -0.1) is 0 Å². The van der Waals surface area contributed by atoms with Crippen molar-refractivity contribution in [3.05, 3.63) is 53.9 Å². The minimum absolute atomic E-state index is 0.658. The number of hydrogen-bond donors (Lipinski definition) is 0. The minimum atomic E-state index is 0.658. The van der Waals surface area contributed by atoms with Gasteiger partial charge < -0.3 is 9.15 Å². The first-order chi connectivity index (χ1) is 13.7. The van der Waals surface area contributed by atoms with Gasteiger partial charge in [-0.2, -0.15) is 0 Å². The third kappa shape index (κ3) is 2.19. The first kappa shape index (κ1) is 16.2. The lowest BCUT2D eigenvalue weighted by Crippen LogP contribution is -2.31. The highest BCUT2D eigenvalue weighted by atomic mass is 16.5. The molecule has 0 N–H and O–H groups in total. The fourth-order valence-corrected chi connectivity index (χ4v) is 5.29. The second-order valence-electron chi connectivity index (χ2n) is 8.40. The van der Waals surface area contributed by atoms with Gasteiger partial charge in [-0.05, 0) is 54.3 Å². The van der Waals surface area contributed by atoms with Crippen LogP contribution in [0.2, 0.25) is 0 Å². The number of nitrogens with zero attached hydrogens (tertiary/aromatic N) is 1. The Morgan fingerprint density at radius 2 is 1.86 bits per heavy atom. The molecule has 0 amide bonds. The highest BCUT2D eigenvalue weighted by molar-refractivity contribution is 6.04. The summed E-state index contributed by atoms with van der Waals surface area (Å²) in [6, 6.07) is 11.0. The lowest BCUT2D eigenvalue weighted by molar-refractivity contribution is -0.659. The molecule has 0 saturated heterocycles. The summed E-state index contributed by atoms with van der Waals surface area (Å²) in [5.41, 5.74) is 5.95. The third-order valence-corrected chi connectivity index (χ3v) is 6.74. The van der Waals surface area contributed by atoms with Crippen LogP contribution in [-0.4, -0.2) is 0 Å². The molecule has 1 saturated carbocycles. The monoisotopic (exact) mass is 370 g/mol. The first-order valence-electron chi connectivity index (χ1n) is 10.4. The van der Waals surface area contributed by atoms with Gasteiger partial charge in [0.15, 0.2) is 6.20 Å². The summed E-state index contributed by atoms with van der Waals surface area (Å²) in [7, 11) is 2.13. The predicted molar refractivity (Wildman–Crippen MR) is 111 cm³/mol. The van der Waals surface area contributed by atoms with Gasteiger partial charge in [0.25, 0.3) is 0 Å². The van der Waals surface area contributed by atoms with E-state index in [0.29, 0.717) is 5.92 Å². The fraction of sp³-hybridized carbons (Fsp3) is 0.320. The molecular formula is C25H24NO2+. The van der Waals surface area contributed by atoms with Gasteiger partial charge in [-0.1, -0.05) is 25.3 Å². The van der Waals surface area contributed by atoms with Crippen LogP contribution in [-0.2, 0) is 7.05 Å². The highest BCUT2D eigenvalue weighted by Crippen LogP contribution is 2.49. The topological polar surface area (TPSA) is 26.2 Å². The molecule has 0 atom stereocenters. The first-order valence-corrected chi connectivity index (χ1v) is 10.4. The van der Waals surface area contributed by atoms with Crippen LogP contribution in [0, 0.1) is 6.92 Å². The molecule has 0 radical (unpaired) electrons. The molecule has 1 aliphatic carbocycles. The average Bonchev–Trinajstić information content (AvgIpc) is 3.19. The van der Waals surface area contributed by atoms with Gasteiger partial charge in [0, 0.05) is 17.5 Å². The Kier molecular flexibility index (Phi) is 3.37. The summed E-state index contributed by atoms with van der Waals surface area (Å²) in [4.78, 5) is 0. The van der Waals surface area contributed by atoms with Crippen LogP contribution in [0.25, 0.3) is 33.0 Å². The summed E-state index contributed by atoms with van der Waals surface area (Å²) in [6.07, 6.45) is 10.6. The molecule has 3 nitrogen and oxygen atoms in total. The molecule has 0 spiro atoms. The second-order valence-corrected chi connectivity index (χ2v) is 8.40. The molecular weight excluding hydrogens is 346 g/mol. The van der Waals surface area contributed by atoms with Gasteiger partial charge in [0.1, 0.15) is 24.1 Å². The zero-order valence-electron chi connectivity index (χ0n) is 16.4. The standard InChI is InChI=1S/C25H24NO2/c1-15-19-9-11-27-20(19)14-22-23(15)25-24-17(8-10-26(25)2)12-18(13-21(24)28-22)16-6-4-3-5-7-16/h8-14,16H,3-7H2,1-2H3/q+1. The van der Waals surface area contributed by atoms with Crippen molar-refractivity contribution in [3.8, 4) is 22.8 Å². The summed E-state index contributed by atoms with van der Waals surface area (Å²) in [6.45, 7) is 2.17. The molecule has 6 rings (SSSR count). The number of hydrogen-bond acceptors (Lipinski definition) is 2. The Morgan fingerprint density at radius 1 is 1.00 bits per heavy atom. The van der Waals surface area contributed by atoms with E-state index >= 15 is 0 Å². The molecule has 28 heavy (non-hydrogen) atoms. The lowest BCUT2D eigenvalue weighted by atomic mass is 9.82. The molecule has 3 heteroatoms. The third-order valence-electron chi connectivity index (χ3n) is 6.74. The Labute approximate surface area is 164 Å². The number of rotatable bonds is 1. The molecule has 4 aromatic rings. The van der Waals surface area contributed by atoms with E-state index in [0.717, 1.165) is 22.5 Å². The van der Waals surface area contributed by atoms with E-state index in [9.17, 15) is 0 Å². The zero-order valence-corrected chi connectivity index (χ0v) is 16.4. The number of aromatic nitrogens is 1. The van der Waals surface area contributed by atoms with E-state index in [-0.39, 0.29) is 0 Å². The van der Waals surface area contributed by atoms with Crippen molar-refractivity contribution >= 4 is 21.7 Å². The predicted octanol–water partition coefficient (Wildman–Crippen LogP) is 6.54. The van der Waals surface area contributed by atoms with Crippen LogP contribution in [0.15, 0.2) is 47.2 Å². The quantitative estimate of drug-likeness (QED) is 0.313. The highest BCUT2D eigenvalue weighted by Gasteiger charge is 2.31. The molecule has 2 aromatic carbocycles. The van der Waals surface area contributed by atoms with E-state index in [2.05, 4.69) is 42.9 Å². The van der Waals surface area contributed by atoms with Gasteiger partial charge in [-0.25, -0.2) is 4.57 Å². The number of ether oxygens (including phenoxy) is 1. The summed E-state index contributed by atoms with van der Waals surface area (Å²) < 4.78 is 14.4. The van der Waals surface area contributed by atoms with Crippen LogP contribution in [0.3, 0.4) is 0 Å². The Morgan fingerprint density at radius 3 is 2.71 bits per heavy atom. The Hall–Kier alpha value is -2.81. The minimum Gasteiger partial charge on any atom is -0.464 e. The van der Waals surface area contributed by atoms with Gasteiger partial charge in [-0.3, -0.25) is 0 Å². The molecule has 2 aromatic heterocycles. The Bertz CT molecular complexity index is 1240. The molecule has 1 aliphatic heterocycles. The molecule has 140 valence electrons. The van der Waals surface area contributed by atoms with E-state index in [1.54, 1.807) is 6.26 Å². The molecule has 2 aliphatic rings. The second kappa shape index (κ2) is 5.84. The van der Waals surface area contributed by atoms with Crippen LogP contribution < -0.4 is 9.30 Å². The zero-order chi connectivity index (χ0) is 18.8. The van der Waals surface area contributed by atoms with E-state index in [1.807, 2.05) is 12.1 Å². The molecule has 0 unspecified atom stereocenters. The number of fused-ring (bicyclic) bond motifs is 3. The number of furan rings is 1. The van der Waals surface area contributed by atoms with Crippen molar-refractivity contribution in [2.24, 2.45) is 7.05 Å². The number of pyridine rings is 1. The smallest absolute Gasteiger partial charge is 0.228 e. The molecule has 0 bridgehead atoms. The van der Waals surface area contributed by atoms with Crippen LogP contribution in [0.5, 0.6) is 11.5 Å². The molecule has 3 heterocycles. The maximum Gasteiger partial charge on any atom is 0.228 e. The summed E-state index contributed by atoms with van der Waals surface area (Å²) in [5, 5.41) is 3.66. The van der Waals surface area contributed by atoms with Crippen molar-refractivity contribution in [1.82, 2.24) is 0 Å². The molecule has 1 fully saturated rings. The van der Waals surface area contributed by atoms with Crippen molar-refractivity contribution in [3.63, 3.8) is 0 Å². The average molecular weight is 370 g/mol. The van der Waals surface area contributed by atoms with Crippen molar-refractivity contribution in [2.75, 3.05) is 0 Å². The SMILES string of the molecule is Cc1c2c(cc3occc13)Oc1cc(C3CCCCC3)cc3cc[n+](C)c-2c13. The van der Waals surface area contributed by atoms with Gasteiger partial charge in [0.2, 0.25) is 5.69 Å². The van der Waals surface area contributed by atoms with Gasteiger partial charge >= 0.3 is 0 Å². The number of aryl methyl sites for hydroxylation is 2. The largest absolute Gasteiger partial charge is 0.464 e. The van der Waals surface area contributed by atoms with E-state index < -0.39 is 0 Å². The lowest BCUT2D eigenvalue weighted by Gasteiger charge is -2.25. The fourth-order valence-electron chi connectivity index (χ4n) is 5.29. The van der Waals surface area contributed by atoms with Gasteiger partial charge in [0.05, 0.1) is 17.2 Å². The van der Waals surface area contributed by atoms with Crippen molar-refractivity contribution in [2.45, 2.75) is 44.9 Å². The van der Waals surface area contributed by atoms with Crippen LogP contribution >= 0.6 is 0 Å². The van der Waals surface area contributed by atoms with E-state index in [1.165, 1.54) is 65.3 Å². The van der Waals surface area contributed by atoms with Crippen LogP contribution in [0.1, 0.15) is 49.1 Å². The van der Waals surface area contributed by atoms with Crippen molar-refractivity contribution in [1.29, 1.82) is 0 Å². The Balaban J connectivity index is 1.65. The van der Waals surface area contributed by atoms with Crippen molar-refractivity contribution < 1.29 is 13.7 Å².